The molecule has 0 spiro atoms. The Balaban J connectivity index is 2.23. The van der Waals surface area contributed by atoms with Gasteiger partial charge in [0.2, 0.25) is 0 Å². The number of benzene rings is 1. The smallest absolute Gasteiger partial charge is 0.305 e. The predicted octanol–water partition coefficient (Wildman–Crippen LogP) is 2.60. The average Bonchev–Trinajstić information content (AvgIpc) is 2.44. The maximum atomic E-state index is 13.1. The fraction of sp³-hybridized carbons (Fsp3) is 0.467. The number of carbonyl (C=O) groups excluding carboxylic acids is 2. The summed E-state index contributed by atoms with van der Waals surface area (Å²) in [6, 6.07) is 4.29. The number of amides is 1. The summed E-state index contributed by atoms with van der Waals surface area (Å²) in [7, 11) is 1.37. The predicted molar refractivity (Wildman–Crippen MR) is 74.0 cm³/mol. The lowest BCUT2D eigenvalue weighted by Gasteiger charge is -2.06. The van der Waals surface area contributed by atoms with Gasteiger partial charge in [-0.2, -0.15) is 0 Å². The molecule has 20 heavy (non-hydrogen) atoms. The Bertz CT molecular complexity index is 474. The summed E-state index contributed by atoms with van der Waals surface area (Å²) < 4.78 is 17.6. The average molecular weight is 281 g/mol. The van der Waals surface area contributed by atoms with Gasteiger partial charge in [-0.25, -0.2) is 4.39 Å². The highest BCUT2D eigenvalue weighted by Crippen LogP contribution is 2.09. The van der Waals surface area contributed by atoms with E-state index in [0.717, 1.165) is 19.3 Å². The van der Waals surface area contributed by atoms with Crippen LogP contribution in [0.5, 0.6) is 0 Å². The zero-order valence-electron chi connectivity index (χ0n) is 11.9. The van der Waals surface area contributed by atoms with Crippen molar-refractivity contribution < 1.29 is 18.7 Å². The molecule has 1 aromatic carbocycles. The normalized spacial score (nSPS) is 10.2. The van der Waals surface area contributed by atoms with E-state index in [1.165, 1.54) is 25.3 Å². The second kappa shape index (κ2) is 8.30. The minimum Gasteiger partial charge on any atom is -0.469 e. The summed E-state index contributed by atoms with van der Waals surface area (Å²) in [6.07, 6.45) is 2.79. The van der Waals surface area contributed by atoms with Crippen molar-refractivity contribution in [2.75, 3.05) is 13.7 Å². The lowest BCUT2D eigenvalue weighted by Crippen LogP contribution is -2.24. The van der Waals surface area contributed by atoms with Crippen LogP contribution >= 0.6 is 0 Å². The number of ether oxygens (including phenoxy) is 1. The molecule has 1 amide bonds. The van der Waals surface area contributed by atoms with Crippen molar-refractivity contribution in [3.63, 3.8) is 0 Å². The number of hydrogen-bond donors (Lipinski definition) is 1. The molecule has 0 heterocycles. The maximum absolute atomic E-state index is 13.1. The fourth-order valence-electron chi connectivity index (χ4n) is 1.76. The van der Waals surface area contributed by atoms with E-state index in [0.29, 0.717) is 24.1 Å². The quantitative estimate of drug-likeness (QED) is 0.617. The van der Waals surface area contributed by atoms with Gasteiger partial charge in [-0.1, -0.05) is 6.42 Å². The van der Waals surface area contributed by atoms with Crippen LogP contribution in [-0.2, 0) is 9.53 Å². The van der Waals surface area contributed by atoms with Gasteiger partial charge >= 0.3 is 5.97 Å². The van der Waals surface area contributed by atoms with E-state index in [4.69, 9.17) is 0 Å². The summed E-state index contributed by atoms with van der Waals surface area (Å²) in [6.45, 7) is 2.16. The first kappa shape index (κ1) is 16.1. The Kier molecular flexibility index (Phi) is 6.70. The zero-order valence-corrected chi connectivity index (χ0v) is 11.9. The molecule has 0 aromatic heterocycles. The van der Waals surface area contributed by atoms with Crippen molar-refractivity contribution in [1.82, 2.24) is 5.32 Å². The number of carbonyl (C=O) groups is 2. The minimum absolute atomic E-state index is 0.207. The SMILES string of the molecule is COC(=O)CCCCCNC(=O)c1ccc(F)c(C)c1. The highest BCUT2D eigenvalue weighted by molar-refractivity contribution is 5.94. The fourth-order valence-corrected chi connectivity index (χ4v) is 1.76. The van der Waals surface area contributed by atoms with Crippen LogP contribution in [0.3, 0.4) is 0 Å². The van der Waals surface area contributed by atoms with Crippen LogP contribution in [0.25, 0.3) is 0 Å². The third kappa shape index (κ3) is 5.38. The summed E-state index contributed by atoms with van der Waals surface area (Å²) >= 11 is 0. The second-order valence-corrected chi connectivity index (χ2v) is 4.61. The van der Waals surface area contributed by atoms with Crippen LogP contribution in [0.1, 0.15) is 41.6 Å². The maximum Gasteiger partial charge on any atom is 0.305 e. The van der Waals surface area contributed by atoms with Crippen molar-refractivity contribution in [1.29, 1.82) is 0 Å². The summed E-state index contributed by atoms with van der Waals surface area (Å²) in [5, 5.41) is 2.77. The molecule has 0 fully saturated rings. The van der Waals surface area contributed by atoms with E-state index in [9.17, 15) is 14.0 Å². The first-order valence-electron chi connectivity index (χ1n) is 6.65. The monoisotopic (exact) mass is 281 g/mol. The molecule has 5 heteroatoms. The van der Waals surface area contributed by atoms with E-state index >= 15 is 0 Å². The van der Waals surface area contributed by atoms with Crippen molar-refractivity contribution in [2.45, 2.75) is 32.6 Å². The summed E-state index contributed by atoms with van der Waals surface area (Å²) in [5.74, 6) is -0.735. The molecule has 0 radical (unpaired) electrons. The third-order valence-corrected chi connectivity index (χ3v) is 2.99. The Morgan fingerprint density at radius 1 is 1.25 bits per heavy atom. The Hall–Kier alpha value is -1.91. The number of halogens is 1. The number of nitrogens with one attached hydrogen (secondary N) is 1. The number of rotatable bonds is 7. The first-order valence-corrected chi connectivity index (χ1v) is 6.65. The van der Waals surface area contributed by atoms with Gasteiger partial charge in [0.15, 0.2) is 0 Å². The second-order valence-electron chi connectivity index (χ2n) is 4.61. The van der Waals surface area contributed by atoms with Crippen LogP contribution in [0.4, 0.5) is 4.39 Å². The molecule has 0 bridgehead atoms. The highest BCUT2D eigenvalue weighted by atomic mass is 19.1. The van der Waals surface area contributed by atoms with Gasteiger partial charge in [0.25, 0.3) is 5.91 Å². The molecule has 0 atom stereocenters. The summed E-state index contributed by atoms with van der Waals surface area (Å²) in [4.78, 5) is 22.7. The molecular weight excluding hydrogens is 261 g/mol. The Labute approximate surface area is 118 Å². The zero-order chi connectivity index (χ0) is 15.0. The molecule has 0 aliphatic rings. The van der Waals surface area contributed by atoms with Gasteiger partial charge in [0.05, 0.1) is 7.11 Å². The molecule has 0 aliphatic carbocycles. The van der Waals surface area contributed by atoms with Crippen LogP contribution in [0.15, 0.2) is 18.2 Å². The van der Waals surface area contributed by atoms with Crippen molar-refractivity contribution in [2.24, 2.45) is 0 Å². The van der Waals surface area contributed by atoms with Crippen LogP contribution < -0.4 is 5.32 Å². The number of aryl methyl sites for hydroxylation is 1. The standard InChI is InChI=1S/C15H20FNO3/c1-11-10-12(7-8-13(11)16)15(19)17-9-5-3-4-6-14(18)20-2/h7-8,10H,3-6,9H2,1-2H3,(H,17,19). The highest BCUT2D eigenvalue weighted by Gasteiger charge is 2.07. The first-order chi connectivity index (χ1) is 9.54. The van der Waals surface area contributed by atoms with E-state index in [-0.39, 0.29) is 17.7 Å². The topological polar surface area (TPSA) is 55.4 Å². The number of unbranched alkanes of at least 4 members (excludes halogenated alkanes) is 2. The largest absolute Gasteiger partial charge is 0.469 e. The van der Waals surface area contributed by atoms with Gasteiger partial charge in [-0.15, -0.1) is 0 Å². The van der Waals surface area contributed by atoms with E-state index in [1.807, 2.05) is 0 Å². The number of esters is 1. The van der Waals surface area contributed by atoms with Gasteiger partial charge < -0.3 is 10.1 Å². The summed E-state index contributed by atoms with van der Waals surface area (Å²) in [5.41, 5.74) is 0.911. The van der Waals surface area contributed by atoms with Gasteiger partial charge in [-0.3, -0.25) is 9.59 Å². The van der Waals surface area contributed by atoms with Crippen LogP contribution in [0.2, 0.25) is 0 Å². The van der Waals surface area contributed by atoms with Gasteiger partial charge in [-0.05, 0) is 43.5 Å². The van der Waals surface area contributed by atoms with Gasteiger partial charge in [0.1, 0.15) is 5.82 Å². The lowest BCUT2D eigenvalue weighted by atomic mass is 10.1. The molecule has 0 saturated carbocycles. The van der Waals surface area contributed by atoms with Gasteiger partial charge in [0, 0.05) is 18.5 Å². The Morgan fingerprint density at radius 2 is 2.00 bits per heavy atom. The molecular formula is C15H20FNO3. The van der Waals surface area contributed by atoms with Crippen LogP contribution in [-0.4, -0.2) is 25.5 Å². The molecule has 110 valence electrons. The molecule has 0 aliphatic heterocycles. The van der Waals surface area contributed by atoms with E-state index in [1.54, 1.807) is 6.92 Å². The number of methoxy groups -OCH3 is 1. The molecule has 1 N–H and O–H groups in total. The molecule has 1 rings (SSSR count). The number of hydrogen-bond acceptors (Lipinski definition) is 3. The molecule has 0 saturated heterocycles. The van der Waals surface area contributed by atoms with E-state index in [2.05, 4.69) is 10.1 Å². The van der Waals surface area contributed by atoms with Crippen molar-refractivity contribution in [3.8, 4) is 0 Å². The van der Waals surface area contributed by atoms with Crippen molar-refractivity contribution in [3.05, 3.63) is 35.1 Å². The Morgan fingerprint density at radius 3 is 2.65 bits per heavy atom. The molecule has 0 unspecified atom stereocenters. The minimum atomic E-state index is -0.315. The molecule has 4 nitrogen and oxygen atoms in total. The third-order valence-electron chi connectivity index (χ3n) is 2.99. The van der Waals surface area contributed by atoms with E-state index < -0.39 is 0 Å². The lowest BCUT2D eigenvalue weighted by molar-refractivity contribution is -0.140. The molecule has 1 aromatic rings. The van der Waals surface area contributed by atoms with Crippen LogP contribution in [0, 0.1) is 12.7 Å². The van der Waals surface area contributed by atoms with Crippen molar-refractivity contribution >= 4 is 11.9 Å².